The van der Waals surface area contributed by atoms with Gasteiger partial charge >= 0.3 is 0 Å². The summed E-state index contributed by atoms with van der Waals surface area (Å²) < 4.78 is 16.4. The van der Waals surface area contributed by atoms with Gasteiger partial charge < -0.3 is 23.6 Å². The van der Waals surface area contributed by atoms with Gasteiger partial charge in [-0.25, -0.2) is 4.98 Å². The molecule has 1 aliphatic rings. The standard InChI is InChI=1S/C17H18BrN3O3.C8H6O/c1-22-13-5-3-12(4-6-13)11-21-9-10-24-20-16(21)15-8-7-14(18)17(19-15)23-2;1-2-4-8-7(3-1)5-6-9-8/h3-8H,9-11H2,1-2H3;1-6H. The number of hydrogen-bond acceptors (Lipinski definition) is 7. The normalized spacial score (nSPS) is 12.9. The number of ether oxygens (including phenoxy) is 2. The van der Waals surface area contributed by atoms with E-state index in [1.54, 1.807) is 20.5 Å². The summed E-state index contributed by atoms with van der Waals surface area (Å²) >= 11 is 3.41. The average molecular weight is 510 g/mol. The number of para-hydroxylation sites is 1. The molecule has 0 spiro atoms. The largest absolute Gasteiger partial charge is 0.497 e. The monoisotopic (exact) mass is 509 g/mol. The van der Waals surface area contributed by atoms with Crippen LogP contribution in [0.5, 0.6) is 11.6 Å². The molecule has 0 radical (unpaired) electrons. The molecule has 0 saturated carbocycles. The van der Waals surface area contributed by atoms with Crippen LogP contribution in [0.1, 0.15) is 11.3 Å². The van der Waals surface area contributed by atoms with Crippen LogP contribution in [0.25, 0.3) is 11.0 Å². The highest BCUT2D eigenvalue weighted by Crippen LogP contribution is 2.24. The highest BCUT2D eigenvalue weighted by molar-refractivity contribution is 9.10. The molecule has 5 rings (SSSR count). The third-order valence-corrected chi connectivity index (χ3v) is 5.64. The second-order valence-corrected chi connectivity index (χ2v) is 8.02. The summed E-state index contributed by atoms with van der Waals surface area (Å²) in [6, 6.07) is 21.7. The second kappa shape index (κ2) is 10.9. The zero-order valence-corrected chi connectivity index (χ0v) is 20.0. The van der Waals surface area contributed by atoms with Gasteiger partial charge in [0.05, 0.1) is 31.5 Å². The SMILES string of the molecule is COc1ccc(CN2CCON=C2c2ccc(Br)c(OC)n2)cc1.c1ccc2occc2c1. The van der Waals surface area contributed by atoms with Gasteiger partial charge in [-0.3, -0.25) is 0 Å². The predicted octanol–water partition coefficient (Wildman–Crippen LogP) is 5.49. The summed E-state index contributed by atoms with van der Waals surface area (Å²) in [6.45, 7) is 2.00. The Bertz CT molecular complexity index is 1190. The van der Waals surface area contributed by atoms with Gasteiger partial charge in [-0.15, -0.1) is 0 Å². The van der Waals surface area contributed by atoms with E-state index in [9.17, 15) is 0 Å². The molecule has 1 aliphatic heterocycles. The quantitative estimate of drug-likeness (QED) is 0.354. The first kappa shape index (κ1) is 22.7. The van der Waals surface area contributed by atoms with Crippen LogP contribution in [-0.4, -0.2) is 43.1 Å². The summed E-state index contributed by atoms with van der Waals surface area (Å²) in [5.41, 5.74) is 2.83. The van der Waals surface area contributed by atoms with E-state index in [0.29, 0.717) is 30.6 Å². The van der Waals surface area contributed by atoms with Gasteiger partial charge in [-0.1, -0.05) is 35.5 Å². The van der Waals surface area contributed by atoms with Crippen LogP contribution in [0.4, 0.5) is 0 Å². The third-order valence-electron chi connectivity index (χ3n) is 5.03. The minimum absolute atomic E-state index is 0.519. The van der Waals surface area contributed by atoms with Gasteiger partial charge in [0, 0.05) is 11.9 Å². The molecule has 2 aromatic carbocycles. The average Bonchev–Trinajstić information content (AvgIpc) is 3.35. The van der Waals surface area contributed by atoms with Crippen molar-refractivity contribution in [1.82, 2.24) is 9.88 Å². The lowest BCUT2D eigenvalue weighted by Crippen LogP contribution is -2.37. The van der Waals surface area contributed by atoms with Gasteiger partial charge in [0.15, 0.2) is 5.84 Å². The molecule has 0 saturated heterocycles. The minimum atomic E-state index is 0.519. The van der Waals surface area contributed by atoms with E-state index in [0.717, 1.165) is 33.3 Å². The molecule has 0 unspecified atom stereocenters. The summed E-state index contributed by atoms with van der Waals surface area (Å²) in [4.78, 5) is 11.9. The van der Waals surface area contributed by atoms with E-state index >= 15 is 0 Å². The Morgan fingerprint density at radius 1 is 0.970 bits per heavy atom. The van der Waals surface area contributed by atoms with E-state index < -0.39 is 0 Å². The first-order valence-electron chi connectivity index (χ1n) is 10.4. The van der Waals surface area contributed by atoms with E-state index in [-0.39, 0.29) is 0 Å². The fourth-order valence-electron chi connectivity index (χ4n) is 3.33. The fraction of sp³-hybridized carbons (Fsp3) is 0.200. The van der Waals surface area contributed by atoms with Crippen LogP contribution < -0.4 is 9.47 Å². The smallest absolute Gasteiger partial charge is 0.228 e. The Morgan fingerprint density at radius 3 is 2.55 bits per heavy atom. The predicted molar refractivity (Wildman–Crippen MR) is 131 cm³/mol. The maximum atomic E-state index is 5.28. The number of hydrogen-bond donors (Lipinski definition) is 0. The van der Waals surface area contributed by atoms with Gasteiger partial charge in [-0.2, -0.15) is 0 Å². The molecule has 170 valence electrons. The van der Waals surface area contributed by atoms with Gasteiger partial charge in [0.1, 0.15) is 23.6 Å². The zero-order chi connectivity index (χ0) is 23.0. The number of fused-ring (bicyclic) bond motifs is 1. The Kier molecular flexibility index (Phi) is 7.47. The van der Waals surface area contributed by atoms with Crippen LogP contribution >= 0.6 is 15.9 Å². The van der Waals surface area contributed by atoms with Gasteiger partial charge in [0.25, 0.3) is 0 Å². The molecule has 3 heterocycles. The van der Waals surface area contributed by atoms with Crippen LogP contribution in [0, 0.1) is 0 Å². The van der Waals surface area contributed by atoms with Crippen molar-refractivity contribution in [3.05, 3.63) is 88.7 Å². The maximum absolute atomic E-state index is 5.28. The molecule has 2 aromatic heterocycles. The van der Waals surface area contributed by atoms with E-state index in [1.807, 2.05) is 66.7 Å². The second-order valence-electron chi connectivity index (χ2n) is 7.16. The van der Waals surface area contributed by atoms with Crippen LogP contribution in [0.15, 0.2) is 87.0 Å². The van der Waals surface area contributed by atoms with Crippen molar-refractivity contribution in [2.75, 3.05) is 27.4 Å². The van der Waals surface area contributed by atoms with Gasteiger partial charge in [-0.05, 0) is 57.9 Å². The van der Waals surface area contributed by atoms with Crippen molar-refractivity contribution in [2.45, 2.75) is 6.54 Å². The number of amidine groups is 1. The Labute approximate surface area is 200 Å². The Hall–Kier alpha value is -3.52. The summed E-state index contributed by atoms with van der Waals surface area (Å²) in [5.74, 6) is 2.06. The highest BCUT2D eigenvalue weighted by Gasteiger charge is 2.21. The van der Waals surface area contributed by atoms with Crippen LogP contribution in [-0.2, 0) is 11.4 Å². The molecule has 0 aliphatic carbocycles. The summed E-state index contributed by atoms with van der Waals surface area (Å²) in [7, 11) is 3.25. The zero-order valence-electron chi connectivity index (χ0n) is 18.4. The number of pyridine rings is 1. The lowest BCUT2D eigenvalue weighted by atomic mass is 10.2. The highest BCUT2D eigenvalue weighted by atomic mass is 79.9. The molecule has 8 heteroatoms. The number of halogens is 1. The maximum Gasteiger partial charge on any atom is 0.228 e. The topological polar surface area (TPSA) is 69.3 Å². The molecule has 0 atom stereocenters. The van der Waals surface area contributed by atoms with E-state index in [2.05, 4.69) is 31.0 Å². The molecule has 7 nitrogen and oxygen atoms in total. The molecule has 0 amide bonds. The van der Waals surface area contributed by atoms with Crippen LogP contribution in [0.3, 0.4) is 0 Å². The van der Waals surface area contributed by atoms with Gasteiger partial charge in [0.2, 0.25) is 5.88 Å². The Morgan fingerprint density at radius 2 is 1.79 bits per heavy atom. The minimum Gasteiger partial charge on any atom is -0.497 e. The molecule has 0 bridgehead atoms. The Balaban J connectivity index is 0.000000238. The van der Waals surface area contributed by atoms with Crippen molar-refractivity contribution in [1.29, 1.82) is 0 Å². The number of furan rings is 1. The third kappa shape index (κ3) is 5.64. The number of oxime groups is 1. The number of methoxy groups -OCH3 is 2. The van der Waals surface area contributed by atoms with Crippen molar-refractivity contribution in [3.63, 3.8) is 0 Å². The first-order chi connectivity index (χ1) is 16.2. The molecule has 0 fully saturated rings. The van der Waals surface area contributed by atoms with Crippen molar-refractivity contribution in [2.24, 2.45) is 5.16 Å². The molecular weight excluding hydrogens is 486 g/mol. The van der Waals surface area contributed by atoms with E-state index in [4.69, 9.17) is 18.7 Å². The molecule has 33 heavy (non-hydrogen) atoms. The summed E-state index contributed by atoms with van der Waals surface area (Å²) in [6.07, 6.45) is 1.70. The number of benzene rings is 2. The van der Waals surface area contributed by atoms with Crippen molar-refractivity contribution >= 4 is 32.7 Å². The molecule has 0 N–H and O–H groups in total. The number of aromatic nitrogens is 1. The number of nitrogens with zero attached hydrogens (tertiary/aromatic N) is 3. The lowest BCUT2D eigenvalue weighted by molar-refractivity contribution is 0.100. The number of rotatable bonds is 5. The van der Waals surface area contributed by atoms with Crippen molar-refractivity contribution < 1.29 is 18.7 Å². The first-order valence-corrected chi connectivity index (χ1v) is 11.2. The molecular formula is C25H24BrN3O4. The summed E-state index contributed by atoms with van der Waals surface area (Å²) in [5, 5.41) is 5.36. The van der Waals surface area contributed by atoms with Crippen molar-refractivity contribution in [3.8, 4) is 11.6 Å². The fourth-order valence-corrected chi connectivity index (χ4v) is 3.72. The van der Waals surface area contributed by atoms with E-state index in [1.165, 1.54) is 0 Å². The lowest BCUT2D eigenvalue weighted by Gasteiger charge is -2.28. The molecule has 4 aromatic rings. The van der Waals surface area contributed by atoms with Crippen LogP contribution in [0.2, 0.25) is 0 Å².